The van der Waals surface area contributed by atoms with Crippen LogP contribution in [0.2, 0.25) is 0 Å². The Balaban J connectivity index is 2.63. The summed E-state index contributed by atoms with van der Waals surface area (Å²) in [4.78, 5) is 0. The Morgan fingerprint density at radius 3 is 2.30 bits per heavy atom. The summed E-state index contributed by atoms with van der Waals surface area (Å²) in [6.07, 6.45) is 2.11. The first kappa shape index (κ1) is 18.4. The predicted octanol–water partition coefficient (Wildman–Crippen LogP) is 3.51. The van der Waals surface area contributed by atoms with E-state index in [0.29, 0.717) is 5.56 Å². The number of halogens is 3. The van der Waals surface area contributed by atoms with E-state index in [4.69, 9.17) is 20.9 Å². The lowest BCUT2D eigenvalue weighted by Gasteiger charge is -2.34. The van der Waals surface area contributed by atoms with E-state index in [0.717, 1.165) is 6.20 Å². The molecule has 0 aliphatic carbocycles. The number of hydrogen-bond acceptors (Lipinski definition) is 5. The quantitative estimate of drug-likeness (QED) is 0.740. The van der Waals surface area contributed by atoms with Crippen molar-refractivity contribution in [2.45, 2.75) is 11.2 Å². The van der Waals surface area contributed by atoms with Crippen LogP contribution in [0.15, 0.2) is 36.5 Å². The van der Waals surface area contributed by atoms with Crippen LogP contribution in [0.5, 0.6) is 0 Å². The van der Waals surface area contributed by atoms with Crippen LogP contribution in [-0.2, 0) is 30.9 Å². The number of benzene rings is 1. The van der Waals surface area contributed by atoms with E-state index < -0.39 is 27.7 Å². The van der Waals surface area contributed by atoms with E-state index in [1.54, 1.807) is 6.07 Å². The largest absolute Gasteiger partial charge is 0.517 e. The fraction of sp³-hybridized carbons (Fsp3) is 0.333. The van der Waals surface area contributed by atoms with Gasteiger partial charge >= 0.3 is 15.5 Å². The highest BCUT2D eigenvalue weighted by Crippen LogP contribution is 2.63. The Morgan fingerprint density at radius 1 is 1.22 bits per heavy atom. The minimum absolute atomic E-state index is 0.124. The lowest BCUT2D eigenvalue weighted by molar-refractivity contribution is -0.0436. The van der Waals surface area contributed by atoms with Gasteiger partial charge in [-0.25, -0.2) is 4.31 Å². The van der Waals surface area contributed by atoms with E-state index >= 15 is 0 Å². The third kappa shape index (κ3) is 3.06. The van der Waals surface area contributed by atoms with Gasteiger partial charge in [-0.1, -0.05) is 18.2 Å². The fourth-order valence-electron chi connectivity index (χ4n) is 2.18. The maximum atomic E-state index is 12.8. The number of fused-ring (bicyclic) bond motifs is 1. The van der Waals surface area contributed by atoms with Gasteiger partial charge in [0.25, 0.3) is 0 Å². The molecule has 0 fully saturated rings. The number of anilines is 1. The van der Waals surface area contributed by atoms with Crippen LogP contribution in [0.25, 0.3) is 0 Å². The zero-order valence-electron chi connectivity index (χ0n) is 12.0. The van der Waals surface area contributed by atoms with E-state index in [9.17, 15) is 21.6 Å². The molecule has 0 N–H and O–H groups in total. The number of para-hydroxylation sites is 1. The lowest BCUT2D eigenvalue weighted by Crippen LogP contribution is -2.39. The molecule has 0 spiro atoms. The SMILES string of the molecule is COP(=S)(OC)C1C=CN(S(=O)(=O)C(F)(F)F)c2ccccc21. The van der Waals surface area contributed by atoms with Gasteiger partial charge in [-0.2, -0.15) is 21.6 Å². The van der Waals surface area contributed by atoms with Gasteiger partial charge in [-0.3, -0.25) is 0 Å². The Morgan fingerprint density at radius 2 is 1.78 bits per heavy atom. The Labute approximate surface area is 136 Å². The normalized spacial score (nSPS) is 18.8. The first-order valence-corrected chi connectivity index (χ1v) is 10.3. The average molecular weight is 387 g/mol. The maximum absolute atomic E-state index is 12.8. The summed E-state index contributed by atoms with van der Waals surface area (Å²) < 4.78 is 72.7. The summed E-state index contributed by atoms with van der Waals surface area (Å²) in [5.74, 6) is 0. The molecular formula is C12H13F3NO4PS2. The molecule has 0 amide bonds. The first-order valence-electron chi connectivity index (χ1n) is 6.17. The molecule has 23 heavy (non-hydrogen) atoms. The van der Waals surface area contributed by atoms with Gasteiger partial charge in [0, 0.05) is 20.4 Å². The summed E-state index contributed by atoms with van der Waals surface area (Å²) in [6, 6.07) is 5.80. The van der Waals surface area contributed by atoms with Crippen molar-refractivity contribution in [1.29, 1.82) is 0 Å². The topological polar surface area (TPSA) is 55.8 Å². The van der Waals surface area contributed by atoms with Crippen LogP contribution < -0.4 is 4.31 Å². The second-order valence-electron chi connectivity index (χ2n) is 4.50. The van der Waals surface area contributed by atoms with Gasteiger partial charge in [-0.15, -0.1) is 0 Å². The van der Waals surface area contributed by atoms with Crippen LogP contribution in [0, 0.1) is 0 Å². The monoisotopic (exact) mass is 387 g/mol. The highest BCUT2D eigenvalue weighted by Gasteiger charge is 2.51. The molecule has 1 atom stereocenters. The number of hydrogen-bond donors (Lipinski definition) is 0. The third-order valence-electron chi connectivity index (χ3n) is 3.30. The fourth-order valence-corrected chi connectivity index (χ4v) is 5.06. The van der Waals surface area contributed by atoms with Crippen molar-refractivity contribution in [3.8, 4) is 0 Å². The van der Waals surface area contributed by atoms with Crippen LogP contribution in [-0.4, -0.2) is 28.1 Å². The van der Waals surface area contributed by atoms with E-state index in [1.807, 2.05) is 0 Å². The molecule has 0 bridgehead atoms. The number of nitrogens with zero attached hydrogens (tertiary/aromatic N) is 1. The number of allylic oxidation sites excluding steroid dienone is 1. The zero-order valence-corrected chi connectivity index (χ0v) is 14.5. The molecule has 0 radical (unpaired) electrons. The number of alkyl halides is 3. The van der Waals surface area contributed by atoms with E-state index in [-0.39, 0.29) is 9.99 Å². The molecule has 1 aliphatic heterocycles. The second-order valence-corrected chi connectivity index (χ2v) is 10.2. The molecule has 1 unspecified atom stereocenters. The molecule has 1 heterocycles. The van der Waals surface area contributed by atoms with Gasteiger partial charge in [0.1, 0.15) is 0 Å². The minimum Gasteiger partial charge on any atom is -0.332 e. The van der Waals surface area contributed by atoms with Gasteiger partial charge in [-0.05, 0) is 29.5 Å². The number of sulfonamides is 1. The predicted molar refractivity (Wildman–Crippen MR) is 84.1 cm³/mol. The van der Waals surface area contributed by atoms with Crippen LogP contribution in [0.3, 0.4) is 0 Å². The highest BCUT2D eigenvalue weighted by molar-refractivity contribution is 8.10. The summed E-state index contributed by atoms with van der Waals surface area (Å²) in [7, 11) is -2.86. The van der Waals surface area contributed by atoms with Gasteiger partial charge in [0.15, 0.2) is 6.49 Å². The summed E-state index contributed by atoms with van der Waals surface area (Å²) >= 11 is 5.33. The van der Waals surface area contributed by atoms with Crippen molar-refractivity contribution < 1.29 is 30.6 Å². The second kappa shape index (κ2) is 6.18. The van der Waals surface area contributed by atoms with Crippen LogP contribution in [0.4, 0.5) is 18.9 Å². The van der Waals surface area contributed by atoms with E-state index in [2.05, 4.69) is 0 Å². The molecule has 1 aliphatic rings. The Kier molecular flexibility index (Phi) is 4.94. The summed E-state index contributed by atoms with van der Waals surface area (Å²) in [5, 5.41) is 0. The molecule has 128 valence electrons. The van der Waals surface area contributed by atoms with Crippen molar-refractivity contribution >= 4 is 34.0 Å². The van der Waals surface area contributed by atoms with Gasteiger partial charge in [0.05, 0.1) is 11.3 Å². The molecule has 11 heteroatoms. The lowest BCUT2D eigenvalue weighted by atomic mass is 10.1. The standard InChI is InChI=1S/C12H13F3NO4PS2/c1-19-21(22,20-2)11-7-8-16(23(17,18)12(13,14)15)10-6-4-3-5-9(10)11/h3-8,11H,1-2H3. The van der Waals surface area contributed by atoms with Crippen molar-refractivity contribution in [2.24, 2.45) is 0 Å². The number of rotatable bonds is 4. The molecule has 1 aromatic rings. The van der Waals surface area contributed by atoms with Crippen molar-refractivity contribution in [3.63, 3.8) is 0 Å². The summed E-state index contributed by atoms with van der Waals surface area (Å²) in [6.45, 7) is -2.86. The average Bonchev–Trinajstić information content (AvgIpc) is 2.52. The molecular weight excluding hydrogens is 374 g/mol. The van der Waals surface area contributed by atoms with Crippen molar-refractivity contribution in [1.82, 2.24) is 0 Å². The van der Waals surface area contributed by atoms with Crippen LogP contribution in [0.1, 0.15) is 11.2 Å². The third-order valence-corrected chi connectivity index (χ3v) is 8.44. The molecule has 2 rings (SSSR count). The summed E-state index contributed by atoms with van der Waals surface area (Å²) in [5.41, 5.74) is -5.89. The van der Waals surface area contributed by atoms with E-state index in [1.165, 1.54) is 38.5 Å². The van der Waals surface area contributed by atoms with Gasteiger partial charge < -0.3 is 9.05 Å². The van der Waals surface area contributed by atoms with Gasteiger partial charge in [0.2, 0.25) is 0 Å². The first-order chi connectivity index (χ1) is 10.6. The smallest absolute Gasteiger partial charge is 0.332 e. The van der Waals surface area contributed by atoms with Crippen molar-refractivity contribution in [2.75, 3.05) is 18.5 Å². The zero-order chi connectivity index (χ0) is 17.5. The molecule has 5 nitrogen and oxygen atoms in total. The molecule has 0 saturated heterocycles. The Hall–Kier alpha value is -0.930. The highest BCUT2D eigenvalue weighted by atomic mass is 32.5. The Bertz CT molecular complexity index is 771. The van der Waals surface area contributed by atoms with Crippen molar-refractivity contribution in [3.05, 3.63) is 42.1 Å². The van der Waals surface area contributed by atoms with Crippen LogP contribution >= 0.6 is 6.49 Å². The molecule has 0 aromatic heterocycles. The molecule has 0 saturated carbocycles. The minimum atomic E-state index is -5.55. The maximum Gasteiger partial charge on any atom is 0.517 e. The molecule has 1 aromatic carbocycles.